The fourth-order valence-electron chi connectivity index (χ4n) is 2.05. The molecule has 0 aliphatic rings. The van der Waals surface area contributed by atoms with Crippen molar-refractivity contribution in [1.29, 1.82) is 0 Å². The van der Waals surface area contributed by atoms with Crippen molar-refractivity contribution in [2.75, 3.05) is 14.2 Å². The molecule has 0 N–H and O–H groups in total. The maximum Gasteiger partial charge on any atom is 0.295 e. The number of thiazole rings is 1. The molecule has 3 aromatic rings. The minimum Gasteiger partial charge on any atom is -0.284 e. The summed E-state index contributed by atoms with van der Waals surface area (Å²) in [6, 6.07) is 6.37. The number of fused-ring (bicyclic) bond motifs is 1. The van der Waals surface area contributed by atoms with Crippen LogP contribution in [-0.2, 0) is 4.84 Å². The summed E-state index contributed by atoms with van der Waals surface area (Å²) in [4.78, 5) is 22.8. The number of rotatable bonds is 3. The number of carbonyl (C=O) groups excluding carboxylic acids is 1. The van der Waals surface area contributed by atoms with Gasteiger partial charge in [0.25, 0.3) is 5.91 Å². The second-order valence-corrected chi connectivity index (χ2v) is 5.38. The van der Waals surface area contributed by atoms with Gasteiger partial charge >= 0.3 is 0 Å². The molecule has 0 radical (unpaired) electrons. The van der Waals surface area contributed by atoms with Gasteiger partial charge in [0.1, 0.15) is 22.7 Å². The molecule has 0 saturated carbocycles. The van der Waals surface area contributed by atoms with Crippen LogP contribution in [0.25, 0.3) is 15.3 Å². The molecule has 7 heteroatoms. The Hall–Kier alpha value is -2.25. The number of aromatic nitrogens is 2. The molecule has 3 rings (SSSR count). The number of benzene rings is 1. The highest BCUT2D eigenvalue weighted by Crippen LogP contribution is 2.35. The highest BCUT2D eigenvalue weighted by molar-refractivity contribution is 7.21. The lowest BCUT2D eigenvalue weighted by Crippen LogP contribution is -2.27. The van der Waals surface area contributed by atoms with Gasteiger partial charge < -0.3 is 0 Å². The van der Waals surface area contributed by atoms with Crippen molar-refractivity contribution in [3.8, 4) is 10.4 Å². The fraction of sp³-hybridized carbons (Fsp3) is 0.143. The molecule has 2 aromatic heterocycles. The van der Waals surface area contributed by atoms with Crippen LogP contribution < -0.4 is 0 Å². The zero-order chi connectivity index (χ0) is 15.0. The first-order valence-corrected chi connectivity index (χ1v) is 6.97. The highest BCUT2D eigenvalue weighted by atomic mass is 32.1. The molecule has 1 aromatic carbocycles. The van der Waals surface area contributed by atoms with Gasteiger partial charge in [-0.25, -0.2) is 14.4 Å². The normalized spacial score (nSPS) is 11.0. The van der Waals surface area contributed by atoms with Crippen molar-refractivity contribution in [1.82, 2.24) is 14.4 Å². The number of hydrogen-bond acceptors (Lipinski definition) is 4. The van der Waals surface area contributed by atoms with E-state index in [0.29, 0.717) is 16.1 Å². The van der Waals surface area contributed by atoms with E-state index in [0.717, 1.165) is 9.89 Å². The molecule has 0 fully saturated rings. The van der Waals surface area contributed by atoms with Crippen molar-refractivity contribution in [2.24, 2.45) is 0 Å². The van der Waals surface area contributed by atoms with Crippen LogP contribution in [0, 0.1) is 5.82 Å². The van der Waals surface area contributed by atoms with E-state index in [1.165, 1.54) is 37.9 Å². The lowest BCUT2D eigenvalue weighted by atomic mass is 10.1. The Morgan fingerprint density at radius 3 is 2.90 bits per heavy atom. The maximum atomic E-state index is 14.1. The molecular formula is C14H12FN3O2S. The third-order valence-electron chi connectivity index (χ3n) is 3.15. The quantitative estimate of drug-likeness (QED) is 0.699. The van der Waals surface area contributed by atoms with Crippen LogP contribution in [0.1, 0.15) is 10.5 Å². The SMILES string of the molecule is CON(C)C(=O)c1c(-c2ccccc2F)sc2cncn12. The average molecular weight is 305 g/mol. The van der Waals surface area contributed by atoms with Gasteiger partial charge in [-0.05, 0) is 6.07 Å². The van der Waals surface area contributed by atoms with Crippen LogP contribution in [-0.4, -0.2) is 34.5 Å². The number of nitrogens with zero attached hydrogens (tertiary/aromatic N) is 3. The van der Waals surface area contributed by atoms with Gasteiger partial charge in [-0.15, -0.1) is 11.3 Å². The van der Waals surface area contributed by atoms with Crippen molar-refractivity contribution in [3.05, 3.63) is 48.3 Å². The standard InChI is InChI=1S/C14H12FN3O2S/c1-17(20-2)14(19)12-13(9-5-3-4-6-10(9)15)21-11-7-16-8-18(11)12/h3-8H,1-2H3. The van der Waals surface area contributed by atoms with Crippen LogP contribution in [0.5, 0.6) is 0 Å². The molecule has 0 aliphatic carbocycles. The Labute approximate surface area is 124 Å². The molecule has 0 bridgehead atoms. The number of imidazole rings is 1. The third kappa shape index (κ3) is 2.20. The maximum absolute atomic E-state index is 14.1. The van der Waals surface area contributed by atoms with Gasteiger partial charge in [0.2, 0.25) is 0 Å². The van der Waals surface area contributed by atoms with E-state index in [9.17, 15) is 9.18 Å². The summed E-state index contributed by atoms with van der Waals surface area (Å²) in [6.07, 6.45) is 3.17. The van der Waals surface area contributed by atoms with E-state index in [1.807, 2.05) is 0 Å². The molecule has 0 saturated heterocycles. The highest BCUT2D eigenvalue weighted by Gasteiger charge is 2.24. The van der Waals surface area contributed by atoms with Gasteiger partial charge in [-0.1, -0.05) is 18.2 Å². The van der Waals surface area contributed by atoms with Crippen LogP contribution in [0.3, 0.4) is 0 Å². The van der Waals surface area contributed by atoms with Gasteiger partial charge in [0.15, 0.2) is 0 Å². The Kier molecular flexibility index (Phi) is 3.44. The average Bonchev–Trinajstić information content (AvgIpc) is 3.06. The lowest BCUT2D eigenvalue weighted by Gasteiger charge is -2.14. The van der Waals surface area contributed by atoms with E-state index in [-0.39, 0.29) is 11.7 Å². The largest absolute Gasteiger partial charge is 0.295 e. The summed E-state index contributed by atoms with van der Waals surface area (Å²) in [5.41, 5.74) is 0.723. The summed E-state index contributed by atoms with van der Waals surface area (Å²) in [5.74, 6) is -0.732. The van der Waals surface area contributed by atoms with Crippen molar-refractivity contribution in [3.63, 3.8) is 0 Å². The summed E-state index contributed by atoms with van der Waals surface area (Å²) >= 11 is 1.31. The van der Waals surface area contributed by atoms with Gasteiger partial charge in [0, 0.05) is 12.6 Å². The Morgan fingerprint density at radius 1 is 1.43 bits per heavy atom. The summed E-state index contributed by atoms with van der Waals surface area (Å²) in [6.45, 7) is 0. The minimum atomic E-state index is -0.371. The Balaban J connectivity index is 2.26. The molecule has 108 valence electrons. The summed E-state index contributed by atoms with van der Waals surface area (Å²) in [7, 11) is 2.91. The van der Waals surface area contributed by atoms with E-state index in [2.05, 4.69) is 4.98 Å². The van der Waals surface area contributed by atoms with Crippen LogP contribution in [0.15, 0.2) is 36.8 Å². The Bertz CT molecular complexity index is 812. The topological polar surface area (TPSA) is 46.8 Å². The number of hydroxylamine groups is 2. The van der Waals surface area contributed by atoms with Gasteiger partial charge in [0.05, 0.1) is 18.2 Å². The molecule has 2 heterocycles. The molecule has 1 amide bonds. The predicted octanol–water partition coefficient (Wildman–Crippen LogP) is 2.84. The van der Waals surface area contributed by atoms with E-state index >= 15 is 0 Å². The minimum absolute atomic E-state index is 0.335. The second kappa shape index (κ2) is 5.27. The van der Waals surface area contributed by atoms with Crippen LogP contribution in [0.4, 0.5) is 4.39 Å². The number of hydrogen-bond donors (Lipinski definition) is 0. The smallest absolute Gasteiger partial charge is 0.284 e. The molecule has 0 spiro atoms. The van der Waals surface area contributed by atoms with Gasteiger partial charge in [-0.2, -0.15) is 0 Å². The first-order valence-electron chi connectivity index (χ1n) is 6.15. The first-order chi connectivity index (χ1) is 10.1. The van der Waals surface area contributed by atoms with E-state index in [4.69, 9.17) is 4.84 Å². The first kappa shape index (κ1) is 13.7. The monoisotopic (exact) mass is 305 g/mol. The number of carbonyl (C=O) groups is 1. The summed E-state index contributed by atoms with van der Waals surface area (Å²) in [5, 5.41) is 1.10. The molecule has 0 atom stereocenters. The number of halogens is 1. The van der Waals surface area contributed by atoms with Crippen LogP contribution in [0.2, 0.25) is 0 Å². The zero-order valence-electron chi connectivity index (χ0n) is 11.4. The van der Waals surface area contributed by atoms with Crippen molar-refractivity contribution < 1.29 is 14.0 Å². The molecule has 5 nitrogen and oxygen atoms in total. The van der Waals surface area contributed by atoms with Crippen molar-refractivity contribution in [2.45, 2.75) is 0 Å². The fourth-order valence-corrected chi connectivity index (χ4v) is 3.17. The molecule has 0 aliphatic heterocycles. The van der Waals surface area contributed by atoms with Crippen molar-refractivity contribution >= 4 is 22.1 Å². The second-order valence-electron chi connectivity index (χ2n) is 4.35. The van der Waals surface area contributed by atoms with Gasteiger partial charge in [-0.3, -0.25) is 14.0 Å². The van der Waals surface area contributed by atoms with E-state index < -0.39 is 0 Å². The Morgan fingerprint density at radius 2 is 2.19 bits per heavy atom. The predicted molar refractivity (Wildman–Crippen MR) is 77.6 cm³/mol. The molecular weight excluding hydrogens is 293 g/mol. The van der Waals surface area contributed by atoms with Crippen LogP contribution >= 0.6 is 11.3 Å². The molecule has 21 heavy (non-hydrogen) atoms. The number of amides is 1. The summed E-state index contributed by atoms with van der Waals surface area (Å²) < 4.78 is 15.7. The van der Waals surface area contributed by atoms with E-state index in [1.54, 1.807) is 28.8 Å². The third-order valence-corrected chi connectivity index (χ3v) is 4.28. The lowest BCUT2D eigenvalue weighted by molar-refractivity contribution is -0.0760. The zero-order valence-corrected chi connectivity index (χ0v) is 12.2. The molecule has 0 unspecified atom stereocenters.